The van der Waals surface area contributed by atoms with Gasteiger partial charge in [-0.05, 0) is 37.8 Å². The molecule has 0 bridgehead atoms. The first-order chi connectivity index (χ1) is 9.92. The van der Waals surface area contributed by atoms with Gasteiger partial charge in [-0.1, -0.05) is 6.07 Å². The van der Waals surface area contributed by atoms with Crippen LogP contribution in [-0.4, -0.2) is 31.5 Å². The van der Waals surface area contributed by atoms with E-state index in [0.717, 1.165) is 25.0 Å². The van der Waals surface area contributed by atoms with E-state index in [2.05, 4.69) is 16.4 Å². The minimum atomic E-state index is -3.15. The van der Waals surface area contributed by atoms with Gasteiger partial charge in [-0.15, -0.1) is 0 Å². The Labute approximate surface area is 125 Å². The van der Waals surface area contributed by atoms with Crippen LogP contribution >= 0.6 is 0 Å². The van der Waals surface area contributed by atoms with Crippen molar-refractivity contribution in [3.05, 3.63) is 30.1 Å². The van der Waals surface area contributed by atoms with E-state index in [0.29, 0.717) is 13.0 Å². The SMILES string of the molecule is CS(=O)(=O)[C@@H]1C[C@@]1(C#N)CNC1(c2ccccn2)CCC1. The number of rotatable bonds is 5. The van der Waals surface area contributed by atoms with Gasteiger partial charge in [0.15, 0.2) is 9.84 Å². The molecule has 0 unspecified atom stereocenters. The lowest BCUT2D eigenvalue weighted by Crippen LogP contribution is -2.50. The third kappa shape index (κ3) is 2.45. The summed E-state index contributed by atoms with van der Waals surface area (Å²) in [5.41, 5.74) is 0.0432. The Morgan fingerprint density at radius 2 is 2.24 bits per heavy atom. The summed E-state index contributed by atoms with van der Waals surface area (Å²) in [6.45, 7) is 0.414. The molecule has 2 aliphatic rings. The maximum Gasteiger partial charge on any atom is 0.151 e. The molecular formula is C15H19N3O2S. The van der Waals surface area contributed by atoms with Crippen molar-refractivity contribution in [2.75, 3.05) is 12.8 Å². The molecule has 112 valence electrons. The van der Waals surface area contributed by atoms with Crippen molar-refractivity contribution in [2.45, 2.75) is 36.5 Å². The average Bonchev–Trinajstić information content (AvgIpc) is 3.14. The number of nitrogens with zero attached hydrogens (tertiary/aromatic N) is 2. The molecule has 0 saturated heterocycles. The van der Waals surface area contributed by atoms with Gasteiger partial charge in [0.05, 0.1) is 28.0 Å². The van der Waals surface area contributed by atoms with Gasteiger partial charge in [0, 0.05) is 19.0 Å². The first-order valence-electron chi connectivity index (χ1n) is 7.19. The van der Waals surface area contributed by atoms with Crippen molar-refractivity contribution in [2.24, 2.45) is 5.41 Å². The molecule has 21 heavy (non-hydrogen) atoms. The Kier molecular flexibility index (Phi) is 3.30. The van der Waals surface area contributed by atoms with Crippen LogP contribution in [0.5, 0.6) is 0 Å². The summed E-state index contributed by atoms with van der Waals surface area (Å²) in [7, 11) is -3.15. The van der Waals surface area contributed by atoms with Crippen LogP contribution in [0, 0.1) is 16.7 Å². The number of sulfone groups is 1. The molecular weight excluding hydrogens is 286 g/mol. The number of nitriles is 1. The molecule has 0 spiro atoms. The molecule has 5 nitrogen and oxygen atoms in total. The van der Waals surface area contributed by atoms with Crippen molar-refractivity contribution >= 4 is 9.84 Å². The van der Waals surface area contributed by atoms with E-state index in [-0.39, 0.29) is 5.54 Å². The highest BCUT2D eigenvalue weighted by Gasteiger charge is 2.61. The summed E-state index contributed by atoms with van der Waals surface area (Å²) in [5.74, 6) is 0. The number of hydrogen-bond acceptors (Lipinski definition) is 5. The maximum absolute atomic E-state index is 11.7. The molecule has 1 N–H and O–H groups in total. The molecule has 1 heterocycles. The molecule has 0 aromatic carbocycles. The highest BCUT2D eigenvalue weighted by Crippen LogP contribution is 2.51. The summed E-state index contributed by atoms with van der Waals surface area (Å²) < 4.78 is 23.3. The van der Waals surface area contributed by atoms with Crippen LogP contribution in [0.4, 0.5) is 0 Å². The third-order valence-corrected chi connectivity index (χ3v) is 6.50. The van der Waals surface area contributed by atoms with E-state index in [1.165, 1.54) is 6.26 Å². The zero-order chi connectivity index (χ0) is 15.1. The first-order valence-corrected chi connectivity index (χ1v) is 9.14. The van der Waals surface area contributed by atoms with Crippen molar-refractivity contribution < 1.29 is 8.42 Å². The zero-order valence-corrected chi connectivity index (χ0v) is 12.9. The lowest BCUT2D eigenvalue weighted by Gasteiger charge is -2.43. The van der Waals surface area contributed by atoms with E-state index >= 15 is 0 Å². The molecule has 1 aromatic rings. The van der Waals surface area contributed by atoms with Gasteiger partial charge in [-0.2, -0.15) is 5.26 Å². The van der Waals surface area contributed by atoms with Crippen LogP contribution in [-0.2, 0) is 15.4 Å². The van der Waals surface area contributed by atoms with Crippen LogP contribution in [0.2, 0.25) is 0 Å². The van der Waals surface area contributed by atoms with Crippen molar-refractivity contribution in [3.8, 4) is 6.07 Å². The van der Waals surface area contributed by atoms with E-state index in [4.69, 9.17) is 0 Å². The average molecular weight is 305 g/mol. The summed E-state index contributed by atoms with van der Waals surface area (Å²) in [6, 6.07) is 8.05. The standard InChI is InChI=1S/C15H19N3O2S/c1-21(19,20)13-9-14(13,10-16)11-18-15(6-4-7-15)12-5-2-3-8-17-12/h2-3,5,8,13,18H,4,6-7,9,11H2,1H3/t13-,14-/m1/s1. The molecule has 2 atom stereocenters. The van der Waals surface area contributed by atoms with Crippen LogP contribution in [0.3, 0.4) is 0 Å². The molecule has 0 radical (unpaired) electrons. The Morgan fingerprint density at radius 1 is 1.48 bits per heavy atom. The number of aromatic nitrogens is 1. The first kappa shape index (κ1) is 14.5. The second-order valence-corrected chi connectivity index (χ2v) is 8.52. The molecule has 3 rings (SSSR count). The van der Waals surface area contributed by atoms with Gasteiger partial charge in [0.2, 0.25) is 0 Å². The summed E-state index contributed by atoms with van der Waals surface area (Å²) in [4.78, 5) is 4.42. The molecule has 2 saturated carbocycles. The largest absolute Gasteiger partial charge is 0.304 e. The van der Waals surface area contributed by atoms with Crippen LogP contribution in [0.1, 0.15) is 31.4 Å². The molecule has 2 aliphatic carbocycles. The number of pyridine rings is 1. The van der Waals surface area contributed by atoms with Gasteiger partial charge in [0.1, 0.15) is 0 Å². The van der Waals surface area contributed by atoms with Gasteiger partial charge in [-0.3, -0.25) is 4.98 Å². The van der Waals surface area contributed by atoms with Crippen LogP contribution in [0.15, 0.2) is 24.4 Å². The quantitative estimate of drug-likeness (QED) is 0.888. The fourth-order valence-electron chi connectivity index (χ4n) is 3.20. The smallest absolute Gasteiger partial charge is 0.151 e. The Balaban J connectivity index is 1.74. The normalized spacial score (nSPS) is 30.2. The van der Waals surface area contributed by atoms with Crippen molar-refractivity contribution in [1.82, 2.24) is 10.3 Å². The van der Waals surface area contributed by atoms with Crippen LogP contribution < -0.4 is 5.32 Å². The summed E-state index contributed by atoms with van der Waals surface area (Å²) in [6.07, 6.45) is 6.51. The lowest BCUT2D eigenvalue weighted by atomic mass is 9.73. The van der Waals surface area contributed by atoms with Gasteiger partial charge in [0.25, 0.3) is 0 Å². The minimum Gasteiger partial charge on any atom is -0.304 e. The zero-order valence-electron chi connectivity index (χ0n) is 12.0. The predicted octanol–water partition coefficient (Wildman–Crippen LogP) is 1.38. The molecule has 1 aromatic heterocycles. The van der Waals surface area contributed by atoms with E-state index in [9.17, 15) is 13.7 Å². The highest BCUT2D eigenvalue weighted by atomic mass is 32.2. The summed E-state index contributed by atoms with van der Waals surface area (Å²) >= 11 is 0. The monoisotopic (exact) mass is 305 g/mol. The van der Waals surface area contributed by atoms with E-state index in [1.54, 1.807) is 6.20 Å². The minimum absolute atomic E-state index is 0.185. The van der Waals surface area contributed by atoms with Crippen LogP contribution in [0.25, 0.3) is 0 Å². The fraction of sp³-hybridized carbons (Fsp3) is 0.600. The van der Waals surface area contributed by atoms with Crippen molar-refractivity contribution in [1.29, 1.82) is 5.26 Å². The molecule has 2 fully saturated rings. The van der Waals surface area contributed by atoms with Gasteiger partial charge >= 0.3 is 0 Å². The number of nitrogens with one attached hydrogen (secondary N) is 1. The van der Waals surface area contributed by atoms with Gasteiger partial charge in [-0.25, -0.2) is 8.42 Å². The highest BCUT2D eigenvalue weighted by molar-refractivity contribution is 7.91. The number of hydrogen-bond donors (Lipinski definition) is 1. The van der Waals surface area contributed by atoms with Crippen molar-refractivity contribution in [3.63, 3.8) is 0 Å². The molecule has 0 aliphatic heterocycles. The second kappa shape index (κ2) is 4.79. The Morgan fingerprint density at radius 3 is 2.67 bits per heavy atom. The Hall–Kier alpha value is -1.45. The lowest BCUT2D eigenvalue weighted by molar-refractivity contribution is 0.172. The molecule has 6 heteroatoms. The Bertz CT molecular complexity index is 677. The van der Waals surface area contributed by atoms with E-state index in [1.807, 2.05) is 18.2 Å². The summed E-state index contributed by atoms with van der Waals surface area (Å²) in [5, 5.41) is 12.3. The topological polar surface area (TPSA) is 82.8 Å². The maximum atomic E-state index is 11.7. The van der Waals surface area contributed by atoms with Gasteiger partial charge < -0.3 is 5.32 Å². The fourth-order valence-corrected chi connectivity index (χ4v) is 4.76. The predicted molar refractivity (Wildman–Crippen MR) is 79.1 cm³/mol. The third-order valence-electron chi connectivity index (χ3n) is 4.85. The van der Waals surface area contributed by atoms with E-state index < -0.39 is 20.5 Å². The molecule has 0 amide bonds. The second-order valence-electron chi connectivity index (χ2n) is 6.29.